The summed E-state index contributed by atoms with van der Waals surface area (Å²) in [6, 6.07) is 7.86. The molecule has 0 amide bonds. The molecular formula is C18H25N5O. The minimum atomic E-state index is 0.432. The van der Waals surface area contributed by atoms with Crippen LogP contribution in [-0.4, -0.2) is 47.6 Å². The molecule has 0 aliphatic carbocycles. The van der Waals surface area contributed by atoms with Crippen molar-refractivity contribution in [3.05, 3.63) is 35.7 Å². The van der Waals surface area contributed by atoms with Gasteiger partial charge in [-0.3, -0.25) is 0 Å². The van der Waals surface area contributed by atoms with Gasteiger partial charge in [-0.05, 0) is 38.1 Å². The number of hydrogen-bond donors (Lipinski definition) is 1. The number of likely N-dealkylation sites (N-methyl/N-ethyl adjacent to an activating group) is 1. The summed E-state index contributed by atoms with van der Waals surface area (Å²) in [5.74, 6) is 2.61. The zero-order valence-electron chi connectivity index (χ0n) is 14.6. The maximum absolute atomic E-state index is 6.33. The molecular weight excluding hydrogens is 302 g/mol. The van der Waals surface area contributed by atoms with Crippen molar-refractivity contribution in [2.75, 3.05) is 43.4 Å². The molecule has 0 atom stereocenters. The Hall–Kier alpha value is -2.34. The molecule has 3 rings (SSSR count). The largest absolute Gasteiger partial charge is 0.437 e. The number of nitrogen functional groups attached to an aromatic ring is 1. The number of piperazine rings is 1. The maximum atomic E-state index is 6.33. The molecule has 2 aromatic rings. The second-order valence-corrected chi connectivity index (χ2v) is 6.15. The highest BCUT2D eigenvalue weighted by Gasteiger charge is 2.22. The Balaban J connectivity index is 1.85. The third kappa shape index (κ3) is 3.59. The molecule has 1 aliphatic heterocycles. The fourth-order valence-electron chi connectivity index (χ4n) is 2.93. The summed E-state index contributed by atoms with van der Waals surface area (Å²) in [6.07, 6.45) is 0. The Morgan fingerprint density at radius 3 is 2.54 bits per heavy atom. The predicted octanol–water partition coefficient (Wildman–Crippen LogP) is 2.61. The van der Waals surface area contributed by atoms with Crippen molar-refractivity contribution in [2.24, 2.45) is 0 Å². The fourth-order valence-corrected chi connectivity index (χ4v) is 2.93. The Labute approximate surface area is 143 Å². The van der Waals surface area contributed by atoms with Gasteiger partial charge < -0.3 is 20.3 Å². The van der Waals surface area contributed by atoms with Gasteiger partial charge in [-0.15, -0.1) is 0 Å². The number of aryl methyl sites for hydroxylation is 2. The van der Waals surface area contributed by atoms with E-state index in [1.807, 2.05) is 38.1 Å². The van der Waals surface area contributed by atoms with E-state index in [0.717, 1.165) is 49.9 Å². The highest BCUT2D eigenvalue weighted by Crippen LogP contribution is 2.33. The smallest absolute Gasteiger partial charge is 0.248 e. The summed E-state index contributed by atoms with van der Waals surface area (Å²) in [5, 5.41) is 0. The number of ether oxygens (including phenoxy) is 1. The maximum Gasteiger partial charge on any atom is 0.248 e. The van der Waals surface area contributed by atoms with E-state index in [-0.39, 0.29) is 0 Å². The van der Waals surface area contributed by atoms with Gasteiger partial charge in [0.2, 0.25) is 5.88 Å². The Morgan fingerprint density at radius 2 is 1.88 bits per heavy atom. The van der Waals surface area contributed by atoms with Crippen molar-refractivity contribution in [1.29, 1.82) is 0 Å². The normalized spacial score (nSPS) is 15.5. The van der Waals surface area contributed by atoms with Gasteiger partial charge in [0.15, 0.2) is 5.82 Å². The topological polar surface area (TPSA) is 67.5 Å². The van der Waals surface area contributed by atoms with Gasteiger partial charge in [0.05, 0.1) is 0 Å². The van der Waals surface area contributed by atoms with Crippen molar-refractivity contribution in [2.45, 2.75) is 20.8 Å². The molecule has 2 heterocycles. The van der Waals surface area contributed by atoms with E-state index in [0.29, 0.717) is 17.4 Å². The first kappa shape index (κ1) is 16.5. The Morgan fingerprint density at radius 1 is 1.12 bits per heavy atom. The van der Waals surface area contributed by atoms with Crippen LogP contribution in [0.1, 0.15) is 18.3 Å². The lowest BCUT2D eigenvalue weighted by molar-refractivity contribution is 0.270. The third-order valence-corrected chi connectivity index (χ3v) is 4.33. The van der Waals surface area contributed by atoms with Crippen LogP contribution in [0.15, 0.2) is 24.3 Å². The lowest BCUT2D eigenvalue weighted by atomic mass is 10.2. The minimum Gasteiger partial charge on any atom is -0.437 e. The van der Waals surface area contributed by atoms with Crippen LogP contribution in [0.4, 0.5) is 11.5 Å². The zero-order valence-corrected chi connectivity index (χ0v) is 14.6. The van der Waals surface area contributed by atoms with Gasteiger partial charge in [-0.1, -0.05) is 19.1 Å². The number of anilines is 2. The molecule has 0 radical (unpaired) electrons. The molecule has 2 N–H and O–H groups in total. The summed E-state index contributed by atoms with van der Waals surface area (Å²) < 4.78 is 5.93. The van der Waals surface area contributed by atoms with Crippen LogP contribution in [0.25, 0.3) is 0 Å². The highest BCUT2D eigenvalue weighted by molar-refractivity contribution is 5.69. The standard InChI is InChI=1S/C18H25N5O/c1-4-22-8-10-23(11-9-22)17-16(19)18(21-14(3)20-17)24-15-7-5-6-13(2)12-15/h5-7,12H,4,8-11,19H2,1-3H3. The third-order valence-electron chi connectivity index (χ3n) is 4.33. The summed E-state index contributed by atoms with van der Waals surface area (Å²) >= 11 is 0. The molecule has 1 aromatic carbocycles. The summed E-state index contributed by atoms with van der Waals surface area (Å²) in [5.41, 5.74) is 7.97. The summed E-state index contributed by atoms with van der Waals surface area (Å²) in [6.45, 7) is 11.0. The average molecular weight is 327 g/mol. The summed E-state index contributed by atoms with van der Waals surface area (Å²) in [4.78, 5) is 13.6. The van der Waals surface area contributed by atoms with E-state index in [1.165, 1.54) is 0 Å². The number of hydrogen-bond acceptors (Lipinski definition) is 6. The van der Waals surface area contributed by atoms with Gasteiger partial charge in [0.1, 0.15) is 17.3 Å². The van der Waals surface area contributed by atoms with Crippen molar-refractivity contribution >= 4 is 11.5 Å². The molecule has 6 nitrogen and oxygen atoms in total. The zero-order chi connectivity index (χ0) is 17.1. The first-order chi connectivity index (χ1) is 11.6. The number of benzene rings is 1. The van der Waals surface area contributed by atoms with Crippen LogP contribution in [-0.2, 0) is 0 Å². The number of nitrogens with zero attached hydrogens (tertiary/aromatic N) is 4. The van der Waals surface area contributed by atoms with E-state index in [4.69, 9.17) is 10.5 Å². The second-order valence-electron chi connectivity index (χ2n) is 6.15. The van der Waals surface area contributed by atoms with E-state index in [9.17, 15) is 0 Å². The van der Waals surface area contributed by atoms with Crippen LogP contribution in [0, 0.1) is 13.8 Å². The van der Waals surface area contributed by atoms with Crippen LogP contribution in [0.5, 0.6) is 11.6 Å². The van der Waals surface area contributed by atoms with E-state index in [2.05, 4.69) is 26.7 Å². The van der Waals surface area contributed by atoms with Crippen LogP contribution < -0.4 is 15.4 Å². The Bertz CT molecular complexity index is 711. The SMILES string of the molecule is CCN1CCN(c2nc(C)nc(Oc3cccc(C)c3)c2N)CC1. The minimum absolute atomic E-state index is 0.432. The van der Waals surface area contributed by atoms with Crippen LogP contribution >= 0.6 is 0 Å². The van der Waals surface area contributed by atoms with Gasteiger partial charge in [0, 0.05) is 26.2 Å². The van der Waals surface area contributed by atoms with Gasteiger partial charge in [-0.2, -0.15) is 4.98 Å². The van der Waals surface area contributed by atoms with Crippen molar-refractivity contribution < 1.29 is 4.74 Å². The molecule has 1 fully saturated rings. The molecule has 24 heavy (non-hydrogen) atoms. The number of nitrogens with two attached hydrogens (primary N) is 1. The fraction of sp³-hybridized carbons (Fsp3) is 0.444. The van der Waals surface area contributed by atoms with Crippen LogP contribution in [0.2, 0.25) is 0 Å². The van der Waals surface area contributed by atoms with Gasteiger partial charge in [0.25, 0.3) is 0 Å². The molecule has 0 spiro atoms. The highest BCUT2D eigenvalue weighted by atomic mass is 16.5. The lowest BCUT2D eigenvalue weighted by Crippen LogP contribution is -2.46. The van der Waals surface area contributed by atoms with Crippen molar-refractivity contribution in [1.82, 2.24) is 14.9 Å². The molecule has 6 heteroatoms. The monoisotopic (exact) mass is 327 g/mol. The van der Waals surface area contributed by atoms with E-state index >= 15 is 0 Å². The molecule has 1 aromatic heterocycles. The molecule has 0 saturated carbocycles. The molecule has 1 aliphatic rings. The summed E-state index contributed by atoms with van der Waals surface area (Å²) in [7, 11) is 0. The first-order valence-corrected chi connectivity index (χ1v) is 8.42. The second kappa shape index (κ2) is 7.05. The molecule has 0 unspecified atom stereocenters. The van der Waals surface area contributed by atoms with Gasteiger partial charge >= 0.3 is 0 Å². The lowest BCUT2D eigenvalue weighted by Gasteiger charge is -2.35. The van der Waals surface area contributed by atoms with E-state index in [1.54, 1.807) is 0 Å². The predicted molar refractivity (Wildman–Crippen MR) is 96.8 cm³/mol. The first-order valence-electron chi connectivity index (χ1n) is 8.42. The van der Waals surface area contributed by atoms with Crippen molar-refractivity contribution in [3.63, 3.8) is 0 Å². The average Bonchev–Trinajstić information content (AvgIpc) is 2.58. The quantitative estimate of drug-likeness (QED) is 0.931. The van der Waals surface area contributed by atoms with Crippen LogP contribution in [0.3, 0.4) is 0 Å². The number of rotatable bonds is 4. The molecule has 1 saturated heterocycles. The number of aromatic nitrogens is 2. The van der Waals surface area contributed by atoms with Gasteiger partial charge in [-0.25, -0.2) is 4.98 Å². The van der Waals surface area contributed by atoms with Crippen molar-refractivity contribution in [3.8, 4) is 11.6 Å². The molecule has 0 bridgehead atoms. The van der Waals surface area contributed by atoms with E-state index < -0.39 is 0 Å². The molecule has 128 valence electrons. The Kier molecular flexibility index (Phi) is 4.85.